The molecule has 1 aliphatic heterocycles. The molecule has 30 heavy (non-hydrogen) atoms. The number of hydrogen-bond acceptors (Lipinski definition) is 3. The lowest BCUT2D eigenvalue weighted by molar-refractivity contribution is -0.116. The number of rotatable bonds is 6. The van der Waals surface area contributed by atoms with Gasteiger partial charge in [-0.1, -0.05) is 46.3 Å². The summed E-state index contributed by atoms with van der Waals surface area (Å²) in [5, 5.41) is 7.45. The molecular formula is C24H24BrN3O2. The molecule has 0 saturated carbocycles. The number of para-hydroxylation sites is 1. The third-order valence-electron chi connectivity index (χ3n) is 5.54. The van der Waals surface area contributed by atoms with Gasteiger partial charge in [-0.05, 0) is 48.7 Å². The van der Waals surface area contributed by atoms with Crippen LogP contribution < -0.4 is 5.32 Å². The molecule has 1 aromatic heterocycles. The van der Waals surface area contributed by atoms with E-state index in [9.17, 15) is 4.79 Å². The molecular weight excluding hydrogens is 442 g/mol. The van der Waals surface area contributed by atoms with E-state index in [1.54, 1.807) is 23.0 Å². The second-order valence-electron chi connectivity index (χ2n) is 7.51. The molecule has 1 amide bonds. The number of carbonyl (C=O) groups is 1. The van der Waals surface area contributed by atoms with Gasteiger partial charge in [0, 0.05) is 47.5 Å². The highest BCUT2D eigenvalue weighted by Crippen LogP contribution is 2.35. The number of aromatic nitrogens is 2. The zero-order chi connectivity index (χ0) is 20.8. The summed E-state index contributed by atoms with van der Waals surface area (Å²) in [6.45, 7) is 1.99. The van der Waals surface area contributed by atoms with Gasteiger partial charge >= 0.3 is 0 Å². The molecule has 6 heteroatoms. The number of ether oxygens (including phenoxy) is 1. The number of carbonyl (C=O) groups excluding carboxylic acids is 1. The van der Waals surface area contributed by atoms with E-state index < -0.39 is 0 Å². The Morgan fingerprint density at radius 3 is 2.73 bits per heavy atom. The fraction of sp³-hybridized carbons (Fsp3) is 0.250. The molecule has 5 nitrogen and oxygen atoms in total. The second kappa shape index (κ2) is 9.41. The quantitative estimate of drug-likeness (QED) is 0.544. The molecule has 1 N–H and O–H groups in total. The van der Waals surface area contributed by atoms with Gasteiger partial charge in [0.1, 0.15) is 0 Å². The summed E-state index contributed by atoms with van der Waals surface area (Å²) >= 11 is 3.56. The van der Waals surface area contributed by atoms with Crippen LogP contribution in [0.1, 0.15) is 24.0 Å². The summed E-state index contributed by atoms with van der Waals surface area (Å²) in [4.78, 5) is 12.5. The van der Waals surface area contributed by atoms with Crippen LogP contribution in [0.5, 0.6) is 0 Å². The standard InChI is InChI=1S/C24H24BrN3O2/c25-21-6-4-5-20(15-21)24(11-13-30-14-12-24)18-26-23(29)10-9-19-16-27-28(17-19)22-7-2-1-3-8-22/h1-10,15-17H,11-14,18H2,(H,26,29). The highest BCUT2D eigenvalue weighted by Gasteiger charge is 2.34. The molecule has 0 radical (unpaired) electrons. The minimum Gasteiger partial charge on any atom is -0.381 e. The van der Waals surface area contributed by atoms with Crippen LogP contribution in [0, 0.1) is 0 Å². The Labute approximate surface area is 184 Å². The van der Waals surface area contributed by atoms with Crippen molar-refractivity contribution in [3.63, 3.8) is 0 Å². The SMILES string of the molecule is O=C(C=Cc1cnn(-c2ccccc2)c1)NCC1(c2cccc(Br)c2)CCOCC1. The fourth-order valence-electron chi connectivity index (χ4n) is 3.78. The summed E-state index contributed by atoms with van der Waals surface area (Å²) in [6.07, 6.45) is 8.78. The van der Waals surface area contributed by atoms with Crippen LogP contribution in [0.15, 0.2) is 77.5 Å². The number of amides is 1. The number of hydrogen-bond donors (Lipinski definition) is 1. The van der Waals surface area contributed by atoms with Gasteiger partial charge in [0.15, 0.2) is 0 Å². The van der Waals surface area contributed by atoms with E-state index in [0.717, 1.165) is 28.6 Å². The topological polar surface area (TPSA) is 56.2 Å². The first-order valence-electron chi connectivity index (χ1n) is 10.0. The molecule has 0 atom stereocenters. The van der Waals surface area contributed by atoms with Crippen molar-refractivity contribution in [2.45, 2.75) is 18.3 Å². The summed E-state index contributed by atoms with van der Waals surface area (Å²) in [5.41, 5.74) is 2.98. The Bertz CT molecular complexity index is 1020. The van der Waals surface area contributed by atoms with Crippen molar-refractivity contribution in [3.05, 3.63) is 88.7 Å². The van der Waals surface area contributed by atoms with Crippen molar-refractivity contribution in [2.24, 2.45) is 0 Å². The molecule has 0 aliphatic carbocycles. The van der Waals surface area contributed by atoms with E-state index in [1.807, 2.05) is 48.7 Å². The Hall–Kier alpha value is -2.70. The van der Waals surface area contributed by atoms with Crippen molar-refractivity contribution in [1.29, 1.82) is 0 Å². The van der Waals surface area contributed by atoms with Gasteiger partial charge in [-0.2, -0.15) is 5.10 Å². The number of nitrogens with zero attached hydrogens (tertiary/aromatic N) is 2. The van der Waals surface area contributed by atoms with E-state index in [1.165, 1.54) is 5.56 Å². The number of halogens is 1. The maximum absolute atomic E-state index is 12.5. The second-order valence-corrected chi connectivity index (χ2v) is 8.42. The lowest BCUT2D eigenvalue weighted by atomic mass is 9.74. The Balaban J connectivity index is 1.41. The third-order valence-corrected chi connectivity index (χ3v) is 6.03. The first-order chi connectivity index (χ1) is 14.6. The highest BCUT2D eigenvalue weighted by atomic mass is 79.9. The zero-order valence-electron chi connectivity index (χ0n) is 16.6. The van der Waals surface area contributed by atoms with Crippen molar-refractivity contribution < 1.29 is 9.53 Å². The van der Waals surface area contributed by atoms with Gasteiger partial charge in [0.2, 0.25) is 5.91 Å². The van der Waals surface area contributed by atoms with E-state index in [4.69, 9.17) is 4.74 Å². The van der Waals surface area contributed by atoms with Gasteiger partial charge in [-0.15, -0.1) is 0 Å². The Morgan fingerprint density at radius 1 is 1.17 bits per heavy atom. The van der Waals surface area contributed by atoms with Gasteiger partial charge in [-0.25, -0.2) is 4.68 Å². The summed E-state index contributed by atoms with van der Waals surface area (Å²) in [5.74, 6) is -0.108. The van der Waals surface area contributed by atoms with Crippen LogP contribution in [0.2, 0.25) is 0 Å². The molecule has 4 rings (SSSR count). The van der Waals surface area contributed by atoms with Crippen molar-refractivity contribution in [3.8, 4) is 5.69 Å². The van der Waals surface area contributed by atoms with Gasteiger partial charge < -0.3 is 10.1 Å². The van der Waals surface area contributed by atoms with Crippen LogP contribution in [0.4, 0.5) is 0 Å². The molecule has 1 saturated heterocycles. The molecule has 2 heterocycles. The maximum Gasteiger partial charge on any atom is 0.244 e. The molecule has 154 valence electrons. The van der Waals surface area contributed by atoms with Gasteiger partial charge in [0.25, 0.3) is 0 Å². The molecule has 0 spiro atoms. The monoisotopic (exact) mass is 465 g/mol. The molecule has 3 aromatic rings. The van der Waals surface area contributed by atoms with Crippen LogP contribution in [-0.2, 0) is 14.9 Å². The molecule has 1 aliphatic rings. The zero-order valence-corrected chi connectivity index (χ0v) is 18.2. The van der Waals surface area contributed by atoms with E-state index in [0.29, 0.717) is 19.8 Å². The van der Waals surface area contributed by atoms with Crippen LogP contribution >= 0.6 is 15.9 Å². The van der Waals surface area contributed by atoms with Gasteiger partial charge in [-0.3, -0.25) is 4.79 Å². The minimum atomic E-state index is -0.108. The lowest BCUT2D eigenvalue weighted by Crippen LogP contribution is -2.44. The minimum absolute atomic E-state index is 0.107. The Morgan fingerprint density at radius 2 is 1.97 bits per heavy atom. The maximum atomic E-state index is 12.5. The lowest BCUT2D eigenvalue weighted by Gasteiger charge is -2.38. The molecule has 2 aromatic carbocycles. The van der Waals surface area contributed by atoms with Crippen LogP contribution in [0.3, 0.4) is 0 Å². The van der Waals surface area contributed by atoms with Crippen molar-refractivity contribution in [1.82, 2.24) is 15.1 Å². The number of nitrogens with one attached hydrogen (secondary N) is 1. The predicted molar refractivity (Wildman–Crippen MR) is 121 cm³/mol. The van der Waals surface area contributed by atoms with Crippen LogP contribution in [-0.4, -0.2) is 35.4 Å². The van der Waals surface area contributed by atoms with Gasteiger partial charge in [0.05, 0.1) is 11.9 Å². The molecule has 0 bridgehead atoms. The average molecular weight is 466 g/mol. The summed E-state index contributed by atoms with van der Waals surface area (Å²) in [7, 11) is 0. The first kappa shape index (κ1) is 20.6. The smallest absolute Gasteiger partial charge is 0.244 e. The van der Waals surface area contributed by atoms with E-state index in [2.05, 4.69) is 38.5 Å². The molecule has 1 fully saturated rings. The summed E-state index contributed by atoms with van der Waals surface area (Å²) < 4.78 is 8.42. The fourth-order valence-corrected chi connectivity index (χ4v) is 4.18. The largest absolute Gasteiger partial charge is 0.381 e. The Kier molecular flexibility index (Phi) is 6.45. The van der Waals surface area contributed by atoms with Crippen molar-refractivity contribution in [2.75, 3.05) is 19.8 Å². The van der Waals surface area contributed by atoms with Crippen molar-refractivity contribution >= 4 is 27.9 Å². The average Bonchev–Trinajstić information content (AvgIpc) is 3.27. The highest BCUT2D eigenvalue weighted by molar-refractivity contribution is 9.10. The molecule has 0 unspecified atom stereocenters. The predicted octanol–water partition coefficient (Wildman–Crippen LogP) is 4.51. The van der Waals surface area contributed by atoms with E-state index >= 15 is 0 Å². The summed E-state index contributed by atoms with van der Waals surface area (Å²) in [6, 6.07) is 18.2. The number of benzene rings is 2. The van der Waals surface area contributed by atoms with E-state index in [-0.39, 0.29) is 11.3 Å². The first-order valence-corrected chi connectivity index (χ1v) is 10.8. The normalized spacial score (nSPS) is 15.9. The van der Waals surface area contributed by atoms with Crippen LogP contribution in [0.25, 0.3) is 11.8 Å². The third kappa shape index (κ3) is 4.89.